The second kappa shape index (κ2) is 8.55. The first kappa shape index (κ1) is 19.8. The molecular weight excluding hydrogens is 386 g/mol. The highest BCUT2D eigenvalue weighted by atomic mass is 16.2. The van der Waals surface area contributed by atoms with Crippen LogP contribution in [0.4, 0.5) is 5.69 Å². The Hall–Kier alpha value is -3.12. The second-order valence-corrected chi connectivity index (χ2v) is 8.60. The summed E-state index contributed by atoms with van der Waals surface area (Å²) >= 11 is 0. The van der Waals surface area contributed by atoms with E-state index in [1.54, 1.807) is 0 Å². The molecule has 1 N–H and O–H groups in total. The number of hydrogen-bond acceptors (Lipinski definition) is 4. The van der Waals surface area contributed by atoms with Gasteiger partial charge in [-0.2, -0.15) is 5.10 Å². The van der Waals surface area contributed by atoms with Crippen molar-refractivity contribution in [2.24, 2.45) is 0 Å². The molecule has 0 saturated carbocycles. The van der Waals surface area contributed by atoms with Crippen molar-refractivity contribution in [3.8, 4) is 11.1 Å². The van der Waals surface area contributed by atoms with E-state index >= 15 is 0 Å². The Kier molecular flexibility index (Phi) is 5.47. The normalized spacial score (nSPS) is 19.7. The molecule has 5 rings (SSSR count). The molecule has 1 unspecified atom stereocenters. The molecule has 2 fully saturated rings. The minimum Gasteiger partial charge on any atom is -0.371 e. The van der Waals surface area contributed by atoms with E-state index in [4.69, 9.17) is 0 Å². The molecule has 1 atom stereocenters. The molecular formula is C25H29N5O. The molecule has 6 heteroatoms. The summed E-state index contributed by atoms with van der Waals surface area (Å²) in [5.74, 6) is 0.127. The number of likely N-dealkylation sites (N-methyl/N-ethyl adjacent to an activating group) is 1. The number of carbonyl (C=O) groups is 1. The number of aromatic nitrogens is 2. The fourth-order valence-corrected chi connectivity index (χ4v) is 4.80. The van der Waals surface area contributed by atoms with Crippen molar-refractivity contribution < 1.29 is 4.79 Å². The first-order valence-corrected chi connectivity index (χ1v) is 11.1. The first-order chi connectivity index (χ1) is 15.2. The van der Waals surface area contributed by atoms with E-state index in [0.29, 0.717) is 0 Å². The van der Waals surface area contributed by atoms with Gasteiger partial charge in [-0.05, 0) is 43.1 Å². The van der Waals surface area contributed by atoms with Gasteiger partial charge in [0.2, 0.25) is 0 Å². The van der Waals surface area contributed by atoms with Gasteiger partial charge in [0.1, 0.15) is 0 Å². The molecule has 3 heterocycles. The highest BCUT2D eigenvalue weighted by Gasteiger charge is 2.32. The average molecular weight is 416 g/mol. The molecule has 1 aromatic heterocycles. The summed E-state index contributed by atoms with van der Waals surface area (Å²) in [7, 11) is 2.13. The second-order valence-electron chi connectivity index (χ2n) is 8.60. The van der Waals surface area contributed by atoms with Crippen LogP contribution in [0.25, 0.3) is 11.1 Å². The number of nitrogens with zero attached hydrogens (tertiary/aromatic N) is 4. The number of rotatable bonds is 4. The third-order valence-corrected chi connectivity index (χ3v) is 6.54. The number of hydrogen-bond donors (Lipinski definition) is 1. The zero-order valence-corrected chi connectivity index (χ0v) is 18.0. The predicted molar refractivity (Wildman–Crippen MR) is 123 cm³/mol. The Balaban J connectivity index is 1.52. The van der Waals surface area contributed by atoms with E-state index in [1.165, 1.54) is 18.4 Å². The molecule has 6 nitrogen and oxygen atoms in total. The minimum atomic E-state index is 0.0624. The van der Waals surface area contributed by atoms with Gasteiger partial charge in [0.15, 0.2) is 0 Å². The van der Waals surface area contributed by atoms with Crippen molar-refractivity contribution in [1.82, 2.24) is 20.0 Å². The van der Waals surface area contributed by atoms with Crippen molar-refractivity contribution >= 4 is 11.6 Å². The lowest BCUT2D eigenvalue weighted by atomic mass is 9.99. The Bertz CT molecular complexity index is 1030. The van der Waals surface area contributed by atoms with Gasteiger partial charge >= 0.3 is 0 Å². The van der Waals surface area contributed by atoms with Gasteiger partial charge < -0.3 is 14.7 Å². The summed E-state index contributed by atoms with van der Waals surface area (Å²) in [5.41, 5.74) is 5.18. The Morgan fingerprint density at radius 1 is 1.00 bits per heavy atom. The zero-order chi connectivity index (χ0) is 21.2. The summed E-state index contributed by atoms with van der Waals surface area (Å²) in [4.78, 5) is 20.7. The molecule has 0 bridgehead atoms. The highest BCUT2D eigenvalue weighted by molar-refractivity contribution is 6.01. The quantitative estimate of drug-likeness (QED) is 0.704. The van der Waals surface area contributed by atoms with Gasteiger partial charge in [0.05, 0.1) is 23.5 Å². The van der Waals surface area contributed by atoms with Gasteiger partial charge in [-0.25, -0.2) is 0 Å². The third-order valence-electron chi connectivity index (χ3n) is 6.54. The Morgan fingerprint density at radius 3 is 2.55 bits per heavy atom. The van der Waals surface area contributed by atoms with Crippen LogP contribution < -0.4 is 4.90 Å². The molecule has 0 aliphatic carbocycles. The fourth-order valence-electron chi connectivity index (χ4n) is 4.80. The molecule has 3 aromatic rings. The van der Waals surface area contributed by atoms with Crippen LogP contribution in [0.15, 0.2) is 60.9 Å². The van der Waals surface area contributed by atoms with Crippen LogP contribution in [0.3, 0.4) is 0 Å². The molecule has 160 valence electrons. The highest BCUT2D eigenvalue weighted by Crippen LogP contribution is 2.34. The molecule has 0 radical (unpaired) electrons. The van der Waals surface area contributed by atoms with Gasteiger partial charge in [-0.15, -0.1) is 0 Å². The Labute approximate surface area is 183 Å². The average Bonchev–Trinajstić information content (AvgIpc) is 3.53. The van der Waals surface area contributed by atoms with E-state index in [0.717, 1.165) is 55.1 Å². The lowest BCUT2D eigenvalue weighted by Crippen LogP contribution is -2.49. The van der Waals surface area contributed by atoms with Gasteiger partial charge in [-0.1, -0.05) is 36.4 Å². The van der Waals surface area contributed by atoms with Crippen molar-refractivity contribution in [3.05, 3.63) is 72.1 Å². The van der Waals surface area contributed by atoms with Crippen LogP contribution in [0, 0.1) is 0 Å². The monoisotopic (exact) mass is 415 g/mol. The van der Waals surface area contributed by atoms with Gasteiger partial charge in [0, 0.05) is 44.5 Å². The van der Waals surface area contributed by atoms with E-state index < -0.39 is 0 Å². The molecule has 2 aliphatic heterocycles. The molecule has 0 spiro atoms. The molecule has 2 aromatic carbocycles. The summed E-state index contributed by atoms with van der Waals surface area (Å²) in [6, 6.07) is 16.7. The topological polar surface area (TPSA) is 55.5 Å². The maximum absolute atomic E-state index is 13.9. The lowest BCUT2D eigenvalue weighted by molar-refractivity contribution is 0.0498. The molecule has 2 saturated heterocycles. The van der Waals surface area contributed by atoms with Crippen LogP contribution >= 0.6 is 0 Å². The van der Waals surface area contributed by atoms with Crippen LogP contribution in [0.2, 0.25) is 0 Å². The third kappa shape index (κ3) is 3.95. The molecule has 1 amide bonds. The van der Waals surface area contributed by atoms with Crippen molar-refractivity contribution in [2.45, 2.75) is 18.9 Å². The van der Waals surface area contributed by atoms with E-state index in [1.807, 2.05) is 30.6 Å². The van der Waals surface area contributed by atoms with Crippen LogP contribution in [0.5, 0.6) is 0 Å². The van der Waals surface area contributed by atoms with Gasteiger partial charge in [-0.3, -0.25) is 9.89 Å². The number of aromatic amines is 1. The maximum atomic E-state index is 13.9. The molecule has 31 heavy (non-hydrogen) atoms. The van der Waals surface area contributed by atoms with Crippen LogP contribution in [-0.2, 0) is 0 Å². The number of amides is 1. The number of nitrogens with one attached hydrogen (secondary N) is 1. The van der Waals surface area contributed by atoms with E-state index in [-0.39, 0.29) is 11.9 Å². The predicted octanol–water partition coefficient (Wildman–Crippen LogP) is 3.81. The van der Waals surface area contributed by atoms with Gasteiger partial charge in [0.25, 0.3) is 5.91 Å². The summed E-state index contributed by atoms with van der Waals surface area (Å²) in [6.07, 6.45) is 6.07. The van der Waals surface area contributed by atoms with E-state index in [9.17, 15) is 4.79 Å². The van der Waals surface area contributed by atoms with Crippen LogP contribution in [-0.4, -0.2) is 65.7 Å². The van der Waals surface area contributed by atoms with Crippen LogP contribution in [0.1, 0.15) is 34.8 Å². The number of benzene rings is 2. The Morgan fingerprint density at radius 2 is 1.81 bits per heavy atom. The van der Waals surface area contributed by atoms with E-state index in [2.05, 4.69) is 62.3 Å². The molecule has 2 aliphatic rings. The number of piperazine rings is 1. The smallest absolute Gasteiger partial charge is 0.256 e. The first-order valence-electron chi connectivity index (χ1n) is 11.1. The van der Waals surface area contributed by atoms with Crippen molar-refractivity contribution in [1.29, 1.82) is 0 Å². The largest absolute Gasteiger partial charge is 0.371 e. The summed E-state index contributed by atoms with van der Waals surface area (Å²) < 4.78 is 0. The SMILES string of the molecule is CN1CCN(C(=O)c2ccc(-c3cn[nH]c3)cc2N2CCCC2)C(c2ccccc2)C1. The lowest BCUT2D eigenvalue weighted by Gasteiger charge is -2.41. The standard InChI is InChI=1S/C25H29N5O/c1-28-13-14-30(24(18-28)19-7-3-2-4-8-19)25(31)22-10-9-20(21-16-26-27-17-21)15-23(22)29-11-5-6-12-29/h2-4,7-10,15-17,24H,5-6,11-14,18H2,1H3,(H,26,27). The number of anilines is 1. The minimum absolute atomic E-state index is 0.0624. The zero-order valence-electron chi connectivity index (χ0n) is 18.0. The van der Waals surface area contributed by atoms with Crippen molar-refractivity contribution in [2.75, 3.05) is 44.7 Å². The fraction of sp³-hybridized carbons (Fsp3) is 0.360. The summed E-state index contributed by atoms with van der Waals surface area (Å²) in [6.45, 7) is 4.47. The van der Waals surface area contributed by atoms with Crippen molar-refractivity contribution in [3.63, 3.8) is 0 Å². The summed E-state index contributed by atoms with van der Waals surface area (Å²) in [5, 5.41) is 6.98. The number of carbonyl (C=O) groups excluding carboxylic acids is 1. The number of H-pyrrole nitrogens is 1. The maximum Gasteiger partial charge on any atom is 0.256 e.